The van der Waals surface area contributed by atoms with E-state index in [1.807, 2.05) is 37.4 Å². The number of methoxy groups -OCH3 is 1. The third-order valence-electron chi connectivity index (χ3n) is 3.56. The molecule has 0 aliphatic heterocycles. The number of aryl methyl sites for hydroxylation is 1. The van der Waals surface area contributed by atoms with Crippen LogP contribution in [0.2, 0.25) is 0 Å². The van der Waals surface area contributed by atoms with Gasteiger partial charge in [0.15, 0.2) is 0 Å². The maximum atomic E-state index is 12.6. The van der Waals surface area contributed by atoms with Gasteiger partial charge in [0, 0.05) is 12.4 Å². The zero-order valence-corrected chi connectivity index (χ0v) is 12.1. The molecule has 0 spiro atoms. The molecule has 0 bridgehead atoms. The van der Waals surface area contributed by atoms with Crippen LogP contribution < -0.4 is 10.3 Å². The normalized spacial score (nSPS) is 11.0. The van der Waals surface area contributed by atoms with Crippen LogP contribution in [0, 0.1) is 0 Å². The maximum absolute atomic E-state index is 12.6. The van der Waals surface area contributed by atoms with Crippen molar-refractivity contribution < 1.29 is 4.74 Å². The van der Waals surface area contributed by atoms with Gasteiger partial charge >= 0.3 is 0 Å². The third kappa shape index (κ3) is 2.42. The van der Waals surface area contributed by atoms with Crippen LogP contribution in [0.4, 0.5) is 0 Å². The van der Waals surface area contributed by atoms with E-state index in [4.69, 9.17) is 4.74 Å². The van der Waals surface area contributed by atoms with E-state index >= 15 is 0 Å². The van der Waals surface area contributed by atoms with Gasteiger partial charge in [-0.15, -0.1) is 0 Å². The Morgan fingerprint density at radius 1 is 1.29 bits per heavy atom. The number of fused-ring (bicyclic) bond motifs is 1. The summed E-state index contributed by atoms with van der Waals surface area (Å²) in [5.41, 5.74) is 2.50. The fraction of sp³-hybridized carbons (Fsp3) is 0.250. The van der Waals surface area contributed by atoms with Gasteiger partial charge in [0.1, 0.15) is 11.3 Å². The molecule has 0 saturated carbocycles. The van der Waals surface area contributed by atoms with E-state index in [-0.39, 0.29) is 5.56 Å². The standard InChI is InChI=1S/C16H17N3O2/c1-3-14-15-16(20)18(7-8-19(15)11-17-14)10-12-5-4-6-13(9-12)21-2/h4-9,11H,3,10H2,1-2H3. The molecule has 0 N–H and O–H groups in total. The number of benzene rings is 1. The summed E-state index contributed by atoms with van der Waals surface area (Å²) >= 11 is 0. The molecule has 21 heavy (non-hydrogen) atoms. The Morgan fingerprint density at radius 2 is 2.14 bits per heavy atom. The number of aromatic nitrogens is 3. The van der Waals surface area contributed by atoms with E-state index in [2.05, 4.69) is 4.98 Å². The van der Waals surface area contributed by atoms with E-state index in [9.17, 15) is 4.79 Å². The highest BCUT2D eigenvalue weighted by Gasteiger charge is 2.09. The quantitative estimate of drug-likeness (QED) is 0.737. The Kier molecular flexibility index (Phi) is 3.48. The molecular weight excluding hydrogens is 266 g/mol. The lowest BCUT2D eigenvalue weighted by molar-refractivity contribution is 0.414. The molecule has 5 nitrogen and oxygen atoms in total. The molecule has 0 fully saturated rings. The Hall–Kier alpha value is -2.56. The molecule has 2 heterocycles. The highest BCUT2D eigenvalue weighted by molar-refractivity contribution is 5.50. The number of nitrogens with zero attached hydrogens (tertiary/aromatic N) is 3. The number of ether oxygens (including phenoxy) is 1. The molecule has 1 aromatic carbocycles. The maximum Gasteiger partial charge on any atom is 0.277 e. The van der Waals surface area contributed by atoms with Crippen molar-refractivity contribution in [2.75, 3.05) is 7.11 Å². The van der Waals surface area contributed by atoms with E-state index in [1.165, 1.54) is 0 Å². The first-order valence-electron chi connectivity index (χ1n) is 6.91. The van der Waals surface area contributed by atoms with Gasteiger partial charge in [-0.05, 0) is 24.1 Å². The largest absolute Gasteiger partial charge is 0.497 e. The van der Waals surface area contributed by atoms with Crippen LogP contribution in [-0.4, -0.2) is 21.1 Å². The van der Waals surface area contributed by atoms with Crippen LogP contribution in [0.25, 0.3) is 5.52 Å². The summed E-state index contributed by atoms with van der Waals surface area (Å²) in [6.45, 7) is 2.52. The van der Waals surface area contributed by atoms with Crippen LogP contribution in [0.1, 0.15) is 18.2 Å². The fourth-order valence-electron chi connectivity index (χ4n) is 2.45. The second-order valence-corrected chi connectivity index (χ2v) is 4.88. The van der Waals surface area contributed by atoms with Gasteiger partial charge in [0.05, 0.1) is 25.7 Å². The molecule has 0 aliphatic carbocycles. The molecule has 0 unspecified atom stereocenters. The van der Waals surface area contributed by atoms with Gasteiger partial charge in [-0.25, -0.2) is 4.98 Å². The van der Waals surface area contributed by atoms with Crippen molar-refractivity contribution in [3.63, 3.8) is 0 Å². The van der Waals surface area contributed by atoms with Crippen molar-refractivity contribution in [3.05, 3.63) is 64.6 Å². The second-order valence-electron chi connectivity index (χ2n) is 4.88. The van der Waals surface area contributed by atoms with Crippen molar-refractivity contribution in [2.45, 2.75) is 19.9 Å². The van der Waals surface area contributed by atoms with Gasteiger partial charge in [-0.1, -0.05) is 19.1 Å². The number of hydrogen-bond acceptors (Lipinski definition) is 3. The second kappa shape index (κ2) is 5.44. The summed E-state index contributed by atoms with van der Waals surface area (Å²) in [5.74, 6) is 0.792. The van der Waals surface area contributed by atoms with Crippen LogP contribution in [0.3, 0.4) is 0 Å². The summed E-state index contributed by atoms with van der Waals surface area (Å²) in [4.78, 5) is 16.9. The van der Waals surface area contributed by atoms with Crippen molar-refractivity contribution in [2.24, 2.45) is 0 Å². The summed E-state index contributed by atoms with van der Waals surface area (Å²) in [6, 6.07) is 7.74. The lowest BCUT2D eigenvalue weighted by Gasteiger charge is -2.08. The molecule has 2 aromatic heterocycles. The molecule has 3 rings (SSSR count). The predicted octanol–water partition coefficient (Wildman–Crippen LogP) is 2.12. The minimum Gasteiger partial charge on any atom is -0.497 e. The average Bonchev–Trinajstić information content (AvgIpc) is 2.94. The molecule has 0 atom stereocenters. The Bertz CT molecular complexity index is 833. The number of rotatable bonds is 4. The monoisotopic (exact) mass is 283 g/mol. The third-order valence-corrected chi connectivity index (χ3v) is 3.56. The Labute approximate surface area is 122 Å². The van der Waals surface area contributed by atoms with Crippen LogP contribution >= 0.6 is 0 Å². The van der Waals surface area contributed by atoms with Crippen LogP contribution in [0.15, 0.2) is 47.8 Å². The molecule has 108 valence electrons. The molecular formula is C16H17N3O2. The van der Waals surface area contributed by atoms with Crippen molar-refractivity contribution in [1.82, 2.24) is 14.0 Å². The highest BCUT2D eigenvalue weighted by Crippen LogP contribution is 2.13. The predicted molar refractivity (Wildman–Crippen MR) is 80.9 cm³/mol. The minimum atomic E-state index is -0.0188. The lowest BCUT2D eigenvalue weighted by atomic mass is 10.2. The fourth-order valence-corrected chi connectivity index (χ4v) is 2.45. The van der Waals surface area contributed by atoms with Crippen molar-refractivity contribution in [1.29, 1.82) is 0 Å². The first kappa shape index (κ1) is 13.4. The summed E-state index contributed by atoms with van der Waals surface area (Å²) in [5, 5.41) is 0. The zero-order valence-electron chi connectivity index (χ0n) is 12.1. The number of imidazole rings is 1. The van der Waals surface area contributed by atoms with Gasteiger partial charge in [-0.3, -0.25) is 9.20 Å². The molecule has 0 saturated heterocycles. The summed E-state index contributed by atoms with van der Waals surface area (Å²) in [7, 11) is 1.64. The molecule has 3 aromatic rings. The van der Waals surface area contributed by atoms with Gasteiger partial charge in [-0.2, -0.15) is 0 Å². The number of hydrogen-bond donors (Lipinski definition) is 0. The van der Waals surface area contributed by atoms with E-state index < -0.39 is 0 Å². The Balaban J connectivity index is 2.04. The van der Waals surface area contributed by atoms with Gasteiger partial charge in [0.25, 0.3) is 5.56 Å². The van der Waals surface area contributed by atoms with Crippen molar-refractivity contribution in [3.8, 4) is 5.75 Å². The molecule has 0 amide bonds. The summed E-state index contributed by atoms with van der Waals surface area (Å²) in [6.07, 6.45) is 6.08. The molecule has 5 heteroatoms. The van der Waals surface area contributed by atoms with Crippen LogP contribution in [0.5, 0.6) is 5.75 Å². The first-order chi connectivity index (χ1) is 10.2. The van der Waals surface area contributed by atoms with E-state index in [0.29, 0.717) is 12.1 Å². The van der Waals surface area contributed by atoms with Crippen molar-refractivity contribution >= 4 is 5.52 Å². The summed E-state index contributed by atoms with van der Waals surface area (Å²) < 4.78 is 8.70. The topological polar surface area (TPSA) is 48.5 Å². The smallest absolute Gasteiger partial charge is 0.277 e. The van der Waals surface area contributed by atoms with Crippen LogP contribution in [-0.2, 0) is 13.0 Å². The van der Waals surface area contributed by atoms with Gasteiger partial charge in [0.2, 0.25) is 0 Å². The highest BCUT2D eigenvalue weighted by atomic mass is 16.5. The van der Waals surface area contributed by atoms with E-state index in [1.54, 1.807) is 28.6 Å². The first-order valence-corrected chi connectivity index (χ1v) is 6.91. The average molecular weight is 283 g/mol. The molecule has 0 radical (unpaired) electrons. The Morgan fingerprint density at radius 3 is 2.90 bits per heavy atom. The van der Waals surface area contributed by atoms with Gasteiger partial charge < -0.3 is 9.30 Å². The SMILES string of the molecule is CCc1ncn2ccn(Cc3cccc(OC)c3)c(=O)c12. The molecule has 0 aliphatic rings. The van der Waals surface area contributed by atoms with E-state index in [0.717, 1.165) is 23.4 Å². The minimum absolute atomic E-state index is 0.0188. The zero-order chi connectivity index (χ0) is 14.8. The lowest BCUT2D eigenvalue weighted by Crippen LogP contribution is -2.22.